The number of nitrogens with zero attached hydrogens (tertiary/aromatic N) is 3. The van der Waals surface area contributed by atoms with Crippen molar-refractivity contribution >= 4 is 34.0 Å². The van der Waals surface area contributed by atoms with Crippen LogP contribution in [0.2, 0.25) is 0 Å². The van der Waals surface area contributed by atoms with E-state index in [0.717, 1.165) is 4.88 Å². The number of fused-ring (bicyclic) bond motifs is 1. The first-order valence-corrected chi connectivity index (χ1v) is 11.0. The monoisotopic (exact) mass is 454 g/mol. The third-order valence-electron chi connectivity index (χ3n) is 4.81. The molecule has 4 rings (SSSR count). The minimum Gasteiger partial charge on any atom is -0.489 e. The van der Waals surface area contributed by atoms with Crippen LogP contribution in [0.3, 0.4) is 0 Å². The molecule has 1 N–H and O–H groups in total. The van der Waals surface area contributed by atoms with E-state index in [9.17, 15) is 9.18 Å². The lowest BCUT2D eigenvalue weighted by Gasteiger charge is -2.14. The molecular weight excluding hydrogens is 431 g/mol. The van der Waals surface area contributed by atoms with Gasteiger partial charge in [-0.05, 0) is 43.5 Å². The molecule has 0 saturated carbocycles. The summed E-state index contributed by atoms with van der Waals surface area (Å²) >= 11 is 1.54. The third kappa shape index (κ3) is 4.49. The number of methoxy groups -OCH3 is 1. The summed E-state index contributed by atoms with van der Waals surface area (Å²) < 4.78 is 26.3. The van der Waals surface area contributed by atoms with Crippen LogP contribution in [0.25, 0.3) is 21.6 Å². The number of aromatic nitrogens is 3. The molecule has 0 aliphatic carbocycles. The minimum atomic E-state index is -0.480. The number of pyridine rings is 1. The Balaban J connectivity index is 1.75. The van der Waals surface area contributed by atoms with E-state index in [1.54, 1.807) is 24.1 Å². The van der Waals surface area contributed by atoms with Gasteiger partial charge in [0.25, 0.3) is 5.91 Å². The summed E-state index contributed by atoms with van der Waals surface area (Å²) in [6.45, 7) is 4.65. The van der Waals surface area contributed by atoms with Crippen LogP contribution in [-0.2, 0) is 4.74 Å². The summed E-state index contributed by atoms with van der Waals surface area (Å²) in [5, 5.41) is 9.80. The Kier molecular flexibility index (Phi) is 6.48. The van der Waals surface area contributed by atoms with Crippen molar-refractivity contribution in [1.29, 1.82) is 0 Å². The second-order valence-corrected chi connectivity index (χ2v) is 8.34. The fourth-order valence-electron chi connectivity index (χ4n) is 3.28. The molecule has 0 radical (unpaired) electrons. The van der Waals surface area contributed by atoms with Gasteiger partial charge in [-0.3, -0.25) is 4.79 Å². The Labute approximate surface area is 188 Å². The van der Waals surface area contributed by atoms with Crippen molar-refractivity contribution in [2.24, 2.45) is 0 Å². The molecule has 0 spiro atoms. The summed E-state index contributed by atoms with van der Waals surface area (Å²) in [5.41, 5.74) is 1.94. The molecule has 0 bridgehead atoms. The average molecular weight is 455 g/mol. The van der Waals surface area contributed by atoms with Gasteiger partial charge in [-0.1, -0.05) is 6.07 Å². The standard InChI is InChI=1S/C23H23FN4O3S/c1-14(2)28-22-17(13-25-28)16(12-19(26-22)21-5-4-10-32-21)23(29)27-18-11-15(24)6-7-20(18)31-9-8-30-3/h4-7,10-14H,8-9H2,1-3H3,(H,27,29). The van der Waals surface area contributed by atoms with Crippen molar-refractivity contribution in [3.8, 4) is 16.3 Å². The molecule has 0 aliphatic heterocycles. The molecule has 7 nitrogen and oxygen atoms in total. The molecule has 3 aromatic heterocycles. The Morgan fingerprint density at radius 1 is 1.25 bits per heavy atom. The van der Waals surface area contributed by atoms with Crippen molar-refractivity contribution in [1.82, 2.24) is 14.8 Å². The van der Waals surface area contributed by atoms with Gasteiger partial charge in [-0.15, -0.1) is 11.3 Å². The van der Waals surface area contributed by atoms with Gasteiger partial charge in [0.15, 0.2) is 5.65 Å². The van der Waals surface area contributed by atoms with E-state index in [4.69, 9.17) is 14.5 Å². The molecule has 166 valence electrons. The first kappa shape index (κ1) is 21.9. The quantitative estimate of drug-likeness (QED) is 0.372. The number of hydrogen-bond acceptors (Lipinski definition) is 6. The molecule has 0 unspecified atom stereocenters. The normalized spacial score (nSPS) is 11.3. The smallest absolute Gasteiger partial charge is 0.256 e. The SMILES string of the molecule is COCCOc1ccc(F)cc1NC(=O)c1cc(-c2cccs2)nc2c1cnn2C(C)C. The summed E-state index contributed by atoms with van der Waals surface area (Å²) in [7, 11) is 1.56. The van der Waals surface area contributed by atoms with Gasteiger partial charge in [0.05, 0.1) is 40.0 Å². The maximum atomic E-state index is 13.9. The summed E-state index contributed by atoms with van der Waals surface area (Å²) in [6, 6.07) is 9.68. The zero-order valence-corrected chi connectivity index (χ0v) is 18.8. The lowest BCUT2D eigenvalue weighted by atomic mass is 10.1. The minimum absolute atomic E-state index is 0.0681. The highest BCUT2D eigenvalue weighted by atomic mass is 32.1. The van der Waals surface area contributed by atoms with Crippen LogP contribution < -0.4 is 10.1 Å². The molecule has 0 fully saturated rings. The molecule has 9 heteroatoms. The van der Waals surface area contributed by atoms with Crippen LogP contribution in [0.15, 0.2) is 48.0 Å². The Bertz CT molecular complexity index is 1240. The number of carbonyl (C=O) groups excluding carboxylic acids is 1. The number of thiophene rings is 1. The number of ether oxygens (including phenoxy) is 2. The Hall–Kier alpha value is -3.30. The lowest BCUT2D eigenvalue weighted by molar-refractivity contribution is 0.102. The van der Waals surface area contributed by atoms with Crippen molar-refractivity contribution in [3.05, 3.63) is 59.4 Å². The van der Waals surface area contributed by atoms with Crippen LogP contribution in [0.1, 0.15) is 30.2 Å². The maximum absolute atomic E-state index is 13.9. The molecule has 32 heavy (non-hydrogen) atoms. The predicted octanol–water partition coefficient (Wildman–Crippen LogP) is 5.16. The predicted molar refractivity (Wildman–Crippen MR) is 123 cm³/mol. The van der Waals surface area contributed by atoms with Crippen molar-refractivity contribution in [2.75, 3.05) is 25.6 Å². The first-order chi connectivity index (χ1) is 15.5. The molecule has 3 heterocycles. The van der Waals surface area contributed by atoms with Gasteiger partial charge in [0.1, 0.15) is 18.2 Å². The fourth-order valence-corrected chi connectivity index (χ4v) is 3.97. The highest BCUT2D eigenvalue weighted by Gasteiger charge is 2.20. The number of rotatable bonds is 8. The number of hydrogen-bond donors (Lipinski definition) is 1. The third-order valence-corrected chi connectivity index (χ3v) is 5.70. The largest absolute Gasteiger partial charge is 0.489 e. The highest BCUT2D eigenvalue weighted by molar-refractivity contribution is 7.13. The van der Waals surface area contributed by atoms with Crippen LogP contribution in [0, 0.1) is 5.82 Å². The van der Waals surface area contributed by atoms with Crippen molar-refractivity contribution in [2.45, 2.75) is 19.9 Å². The van der Waals surface area contributed by atoms with E-state index in [2.05, 4.69) is 10.4 Å². The zero-order chi connectivity index (χ0) is 22.7. The number of amides is 1. The van der Waals surface area contributed by atoms with Crippen molar-refractivity contribution in [3.63, 3.8) is 0 Å². The molecule has 0 atom stereocenters. The number of carbonyl (C=O) groups is 1. The van der Waals surface area contributed by atoms with E-state index < -0.39 is 11.7 Å². The van der Waals surface area contributed by atoms with E-state index in [1.807, 2.05) is 31.4 Å². The molecule has 4 aromatic rings. The Morgan fingerprint density at radius 3 is 2.81 bits per heavy atom. The van der Waals surface area contributed by atoms with Crippen molar-refractivity contribution < 1.29 is 18.7 Å². The van der Waals surface area contributed by atoms with Gasteiger partial charge in [0, 0.05) is 19.2 Å². The average Bonchev–Trinajstić information content (AvgIpc) is 3.44. The van der Waals surface area contributed by atoms with Gasteiger partial charge in [-0.25, -0.2) is 14.1 Å². The molecule has 1 aromatic carbocycles. The first-order valence-electron chi connectivity index (χ1n) is 10.1. The van der Waals surface area contributed by atoms with Crippen LogP contribution in [0.5, 0.6) is 5.75 Å². The summed E-state index contributed by atoms with van der Waals surface area (Å²) in [6.07, 6.45) is 1.64. The second kappa shape index (κ2) is 9.46. The van der Waals surface area contributed by atoms with E-state index in [0.29, 0.717) is 34.6 Å². The number of benzene rings is 1. The fraction of sp³-hybridized carbons (Fsp3) is 0.261. The van der Waals surface area contributed by atoms with Gasteiger partial charge in [0.2, 0.25) is 0 Å². The van der Waals surface area contributed by atoms with E-state index in [1.165, 1.54) is 29.5 Å². The molecular formula is C23H23FN4O3S. The summed E-state index contributed by atoms with van der Waals surface area (Å²) in [5.74, 6) is -0.523. The topological polar surface area (TPSA) is 78.3 Å². The maximum Gasteiger partial charge on any atom is 0.256 e. The number of halogens is 1. The zero-order valence-electron chi connectivity index (χ0n) is 18.0. The van der Waals surface area contributed by atoms with Gasteiger partial charge in [-0.2, -0.15) is 5.10 Å². The van der Waals surface area contributed by atoms with Crippen LogP contribution in [-0.4, -0.2) is 41.0 Å². The summed E-state index contributed by atoms with van der Waals surface area (Å²) in [4.78, 5) is 19.0. The van der Waals surface area contributed by atoms with E-state index in [-0.39, 0.29) is 18.3 Å². The van der Waals surface area contributed by atoms with Gasteiger partial charge >= 0.3 is 0 Å². The van der Waals surface area contributed by atoms with Crippen LogP contribution in [0.4, 0.5) is 10.1 Å². The highest BCUT2D eigenvalue weighted by Crippen LogP contribution is 2.31. The molecule has 1 amide bonds. The number of nitrogens with one attached hydrogen (secondary N) is 1. The molecule has 0 aliphatic rings. The molecule has 0 saturated heterocycles. The second-order valence-electron chi connectivity index (χ2n) is 7.39. The van der Waals surface area contributed by atoms with Crippen LogP contribution >= 0.6 is 11.3 Å². The number of anilines is 1. The lowest BCUT2D eigenvalue weighted by Crippen LogP contribution is -2.15. The Morgan fingerprint density at radius 2 is 2.09 bits per heavy atom. The van der Waals surface area contributed by atoms with Gasteiger partial charge < -0.3 is 14.8 Å². The van der Waals surface area contributed by atoms with E-state index >= 15 is 0 Å².